The summed E-state index contributed by atoms with van der Waals surface area (Å²) in [5.41, 5.74) is 0.150. The van der Waals surface area contributed by atoms with E-state index in [-0.39, 0.29) is 11.5 Å². The van der Waals surface area contributed by atoms with E-state index in [0.29, 0.717) is 11.5 Å². The molecule has 0 radical (unpaired) electrons. The Labute approximate surface area is 131 Å². The number of carbonyl (C=O) groups is 1. The third-order valence-electron chi connectivity index (χ3n) is 2.80. The van der Waals surface area contributed by atoms with Crippen LogP contribution in [-0.4, -0.2) is 20.9 Å². The first-order chi connectivity index (χ1) is 11.2. The van der Waals surface area contributed by atoms with Gasteiger partial charge in [0.15, 0.2) is 0 Å². The van der Waals surface area contributed by atoms with Crippen LogP contribution in [0.3, 0.4) is 0 Å². The summed E-state index contributed by atoms with van der Waals surface area (Å²) >= 11 is 0. The van der Waals surface area contributed by atoms with Crippen molar-refractivity contribution in [1.29, 1.82) is 0 Å². The van der Waals surface area contributed by atoms with Crippen LogP contribution in [0.15, 0.2) is 61.2 Å². The van der Waals surface area contributed by atoms with E-state index in [1.165, 1.54) is 24.4 Å². The summed E-state index contributed by atoms with van der Waals surface area (Å²) < 4.78 is 18.4. The third kappa shape index (κ3) is 3.85. The standard InChI is InChI=1S/C16H11FN4O2/c17-11-3-4-15(20-9-11)21-16(22)14-8-12(5-7-19-14)23-13-2-1-6-18-10-13/h1-10H,(H,20,21,22). The molecule has 0 unspecified atom stereocenters. The highest BCUT2D eigenvalue weighted by molar-refractivity contribution is 6.02. The largest absolute Gasteiger partial charge is 0.456 e. The van der Waals surface area contributed by atoms with Crippen LogP contribution in [-0.2, 0) is 0 Å². The first-order valence-corrected chi connectivity index (χ1v) is 6.67. The number of pyridine rings is 3. The van der Waals surface area contributed by atoms with Gasteiger partial charge in [0.25, 0.3) is 5.91 Å². The molecule has 1 N–H and O–H groups in total. The van der Waals surface area contributed by atoms with Crippen LogP contribution in [0.25, 0.3) is 0 Å². The molecule has 3 aromatic rings. The average Bonchev–Trinajstić information content (AvgIpc) is 2.58. The lowest BCUT2D eigenvalue weighted by Crippen LogP contribution is -2.14. The minimum Gasteiger partial charge on any atom is -0.456 e. The fourth-order valence-corrected chi connectivity index (χ4v) is 1.77. The predicted octanol–water partition coefficient (Wildman–Crippen LogP) is 3.06. The summed E-state index contributed by atoms with van der Waals surface area (Å²) in [5, 5.41) is 2.53. The maximum Gasteiger partial charge on any atom is 0.275 e. The maximum absolute atomic E-state index is 12.8. The Hall–Kier alpha value is -3.35. The molecule has 0 aromatic carbocycles. The van der Waals surface area contributed by atoms with Gasteiger partial charge in [-0.15, -0.1) is 0 Å². The molecule has 0 saturated heterocycles. The lowest BCUT2D eigenvalue weighted by molar-refractivity contribution is 0.102. The van der Waals surface area contributed by atoms with E-state index in [2.05, 4.69) is 20.3 Å². The molecular weight excluding hydrogens is 299 g/mol. The average molecular weight is 310 g/mol. The minimum absolute atomic E-state index is 0.150. The van der Waals surface area contributed by atoms with Crippen LogP contribution in [0.5, 0.6) is 11.5 Å². The van der Waals surface area contributed by atoms with Crippen LogP contribution >= 0.6 is 0 Å². The number of nitrogens with zero attached hydrogens (tertiary/aromatic N) is 3. The summed E-state index contributed by atoms with van der Waals surface area (Å²) in [7, 11) is 0. The molecule has 3 rings (SSSR count). The van der Waals surface area contributed by atoms with Crippen molar-refractivity contribution >= 4 is 11.7 Å². The molecule has 3 aromatic heterocycles. The molecule has 6 nitrogen and oxygen atoms in total. The zero-order valence-electron chi connectivity index (χ0n) is 11.8. The van der Waals surface area contributed by atoms with Crippen molar-refractivity contribution in [3.8, 4) is 11.5 Å². The first kappa shape index (κ1) is 14.6. The Morgan fingerprint density at radius 1 is 1.04 bits per heavy atom. The maximum atomic E-state index is 12.8. The Balaban J connectivity index is 1.73. The van der Waals surface area contributed by atoms with Crippen LogP contribution in [0, 0.1) is 5.82 Å². The Morgan fingerprint density at radius 3 is 2.70 bits per heavy atom. The molecule has 0 aliphatic heterocycles. The van der Waals surface area contributed by atoms with E-state index in [0.717, 1.165) is 6.20 Å². The van der Waals surface area contributed by atoms with Crippen molar-refractivity contribution in [3.05, 3.63) is 72.7 Å². The van der Waals surface area contributed by atoms with Gasteiger partial charge in [0.1, 0.15) is 28.8 Å². The van der Waals surface area contributed by atoms with Gasteiger partial charge in [0, 0.05) is 18.5 Å². The Kier molecular flexibility index (Phi) is 4.19. The smallest absolute Gasteiger partial charge is 0.275 e. The zero-order chi connectivity index (χ0) is 16.1. The van der Waals surface area contributed by atoms with Crippen molar-refractivity contribution < 1.29 is 13.9 Å². The van der Waals surface area contributed by atoms with Crippen molar-refractivity contribution in [1.82, 2.24) is 15.0 Å². The second kappa shape index (κ2) is 6.61. The highest BCUT2D eigenvalue weighted by Crippen LogP contribution is 2.20. The molecule has 0 aliphatic rings. The van der Waals surface area contributed by atoms with Crippen molar-refractivity contribution in [3.63, 3.8) is 0 Å². The molecule has 0 atom stereocenters. The number of rotatable bonds is 4. The van der Waals surface area contributed by atoms with Gasteiger partial charge in [-0.1, -0.05) is 0 Å². The highest BCUT2D eigenvalue weighted by Gasteiger charge is 2.10. The minimum atomic E-state index is -0.479. The molecule has 1 amide bonds. The van der Waals surface area contributed by atoms with Gasteiger partial charge in [-0.2, -0.15) is 0 Å². The van der Waals surface area contributed by atoms with Crippen LogP contribution in [0.2, 0.25) is 0 Å². The number of carbonyl (C=O) groups excluding carboxylic acids is 1. The van der Waals surface area contributed by atoms with Gasteiger partial charge in [0.2, 0.25) is 0 Å². The Bertz CT molecular complexity index is 810. The number of hydrogen-bond donors (Lipinski definition) is 1. The quantitative estimate of drug-likeness (QED) is 0.801. The van der Waals surface area contributed by atoms with Crippen LogP contribution < -0.4 is 10.1 Å². The van der Waals surface area contributed by atoms with E-state index in [9.17, 15) is 9.18 Å². The lowest BCUT2D eigenvalue weighted by atomic mass is 10.3. The molecular formula is C16H11FN4O2. The van der Waals surface area contributed by atoms with E-state index < -0.39 is 11.7 Å². The Morgan fingerprint density at radius 2 is 1.96 bits per heavy atom. The highest BCUT2D eigenvalue weighted by atomic mass is 19.1. The molecule has 0 aliphatic carbocycles. The monoisotopic (exact) mass is 310 g/mol. The molecule has 0 spiro atoms. The van der Waals surface area contributed by atoms with E-state index in [1.807, 2.05) is 0 Å². The molecule has 0 saturated carbocycles. The summed E-state index contributed by atoms with van der Waals surface area (Å²) in [4.78, 5) is 23.8. The zero-order valence-corrected chi connectivity index (χ0v) is 11.8. The van der Waals surface area contributed by atoms with Crippen LogP contribution in [0.1, 0.15) is 10.5 Å². The molecule has 0 bridgehead atoms. The van der Waals surface area contributed by atoms with E-state index in [1.54, 1.807) is 30.6 Å². The lowest BCUT2D eigenvalue weighted by Gasteiger charge is -2.07. The number of nitrogens with one attached hydrogen (secondary N) is 1. The fourth-order valence-electron chi connectivity index (χ4n) is 1.77. The van der Waals surface area contributed by atoms with Crippen LogP contribution in [0.4, 0.5) is 10.2 Å². The van der Waals surface area contributed by atoms with Gasteiger partial charge < -0.3 is 10.1 Å². The number of hydrogen-bond acceptors (Lipinski definition) is 5. The number of ether oxygens (including phenoxy) is 1. The summed E-state index contributed by atoms with van der Waals surface area (Å²) in [6.45, 7) is 0. The van der Waals surface area contributed by atoms with Gasteiger partial charge >= 0.3 is 0 Å². The second-order valence-corrected chi connectivity index (χ2v) is 4.48. The van der Waals surface area contributed by atoms with E-state index in [4.69, 9.17) is 4.74 Å². The van der Waals surface area contributed by atoms with Gasteiger partial charge in [-0.3, -0.25) is 14.8 Å². The third-order valence-corrected chi connectivity index (χ3v) is 2.80. The molecule has 114 valence electrons. The normalized spacial score (nSPS) is 10.1. The van der Waals surface area contributed by atoms with Crippen molar-refractivity contribution in [2.24, 2.45) is 0 Å². The van der Waals surface area contributed by atoms with Gasteiger partial charge in [-0.05, 0) is 30.3 Å². The summed E-state index contributed by atoms with van der Waals surface area (Å²) in [5.74, 6) is 0.279. The van der Waals surface area contributed by atoms with E-state index >= 15 is 0 Å². The van der Waals surface area contributed by atoms with Crippen molar-refractivity contribution in [2.75, 3.05) is 5.32 Å². The summed E-state index contributed by atoms with van der Waals surface area (Å²) in [6, 6.07) is 9.17. The molecule has 3 heterocycles. The SMILES string of the molecule is O=C(Nc1ccc(F)cn1)c1cc(Oc2cccnc2)ccn1. The molecule has 0 fully saturated rings. The van der Waals surface area contributed by atoms with Gasteiger partial charge in [0.05, 0.1) is 12.4 Å². The van der Waals surface area contributed by atoms with Gasteiger partial charge in [-0.25, -0.2) is 9.37 Å². The van der Waals surface area contributed by atoms with Crippen molar-refractivity contribution in [2.45, 2.75) is 0 Å². The topological polar surface area (TPSA) is 77.0 Å². The number of halogens is 1. The number of aromatic nitrogens is 3. The molecule has 7 heteroatoms. The first-order valence-electron chi connectivity index (χ1n) is 6.67. The second-order valence-electron chi connectivity index (χ2n) is 4.48. The summed E-state index contributed by atoms with van der Waals surface area (Å²) in [6.07, 6.45) is 5.67. The number of anilines is 1. The fraction of sp³-hybridized carbons (Fsp3) is 0. The molecule has 23 heavy (non-hydrogen) atoms. The number of amides is 1. The predicted molar refractivity (Wildman–Crippen MR) is 80.7 cm³/mol.